The zero-order chi connectivity index (χ0) is 24.1. The van der Waals surface area contributed by atoms with Gasteiger partial charge in [0.05, 0.1) is 6.04 Å². The highest BCUT2D eigenvalue weighted by molar-refractivity contribution is 7.13. The minimum absolute atomic E-state index is 0.0328. The highest BCUT2D eigenvalue weighted by Crippen LogP contribution is 2.24. The standard InChI is InChI=1S/C21H29FN8O3S/c1-13-11-23-6-3-15(13)26-21(32)33-17-4-7-24-18(27-17)30-9-5-14(22)16(12-30)29(2)20(31)28-19-25-8-10-34-19/h4,7-8,10,13-16,23H,3,5-6,9,11-12H2,1-2H3,(H,26,32)(H,25,28,31)/t13-,14+,15-,16-/m0/s1. The molecule has 2 aliphatic rings. The molecule has 2 fully saturated rings. The Morgan fingerprint density at radius 1 is 1.32 bits per heavy atom. The van der Waals surface area contributed by atoms with Crippen molar-refractivity contribution in [3.63, 3.8) is 0 Å². The number of likely N-dealkylation sites (N-methyl/N-ethyl adjacent to an activating group) is 1. The van der Waals surface area contributed by atoms with Gasteiger partial charge < -0.3 is 25.2 Å². The monoisotopic (exact) mass is 492 g/mol. The molecule has 0 unspecified atom stereocenters. The molecule has 4 heterocycles. The molecule has 0 radical (unpaired) electrons. The van der Waals surface area contributed by atoms with E-state index in [-0.39, 0.29) is 24.9 Å². The summed E-state index contributed by atoms with van der Waals surface area (Å²) in [6.07, 6.45) is 2.35. The van der Waals surface area contributed by atoms with E-state index in [9.17, 15) is 14.0 Å². The molecule has 3 N–H and O–H groups in total. The van der Waals surface area contributed by atoms with Crippen LogP contribution in [0.1, 0.15) is 19.8 Å². The highest BCUT2D eigenvalue weighted by atomic mass is 32.1. The van der Waals surface area contributed by atoms with E-state index >= 15 is 0 Å². The van der Waals surface area contributed by atoms with Crippen molar-refractivity contribution in [3.05, 3.63) is 23.8 Å². The summed E-state index contributed by atoms with van der Waals surface area (Å²) in [6, 6.07) is 0.394. The van der Waals surface area contributed by atoms with Crippen molar-refractivity contribution >= 4 is 34.5 Å². The number of hydrogen-bond donors (Lipinski definition) is 3. The third-order valence-corrected chi connectivity index (χ3v) is 6.84. The van der Waals surface area contributed by atoms with Crippen LogP contribution in [0.25, 0.3) is 0 Å². The fourth-order valence-corrected chi connectivity index (χ4v) is 4.63. The van der Waals surface area contributed by atoms with E-state index in [1.165, 1.54) is 28.5 Å². The van der Waals surface area contributed by atoms with Gasteiger partial charge in [0, 0.05) is 50.0 Å². The number of carbonyl (C=O) groups excluding carboxylic acids is 2. The predicted molar refractivity (Wildman–Crippen MR) is 126 cm³/mol. The molecule has 0 aromatic carbocycles. The third kappa shape index (κ3) is 5.89. The first-order chi connectivity index (χ1) is 16.4. The molecule has 0 aliphatic carbocycles. The van der Waals surface area contributed by atoms with Crippen LogP contribution in [-0.4, -0.2) is 83.5 Å². The smallest absolute Gasteiger partial charge is 0.391 e. The number of carbonyl (C=O) groups is 2. The number of urea groups is 1. The molecular formula is C21H29FN8O3S. The Hall–Kier alpha value is -3.06. The molecule has 0 saturated carbocycles. The lowest BCUT2D eigenvalue weighted by Gasteiger charge is -2.39. The summed E-state index contributed by atoms with van der Waals surface area (Å²) < 4.78 is 20.1. The summed E-state index contributed by atoms with van der Waals surface area (Å²) in [4.78, 5) is 40.7. The van der Waals surface area contributed by atoms with Gasteiger partial charge in [-0.2, -0.15) is 4.98 Å². The van der Waals surface area contributed by atoms with Crippen molar-refractivity contribution in [2.75, 3.05) is 43.4 Å². The van der Waals surface area contributed by atoms with E-state index in [1.807, 2.05) is 0 Å². The molecule has 3 amide bonds. The fourth-order valence-electron chi connectivity index (χ4n) is 4.11. The molecule has 13 heteroatoms. The second-order valence-electron chi connectivity index (χ2n) is 8.50. The van der Waals surface area contributed by atoms with Crippen molar-refractivity contribution in [3.8, 4) is 5.88 Å². The quantitative estimate of drug-likeness (QED) is 0.580. The summed E-state index contributed by atoms with van der Waals surface area (Å²) in [7, 11) is 1.55. The zero-order valence-corrected chi connectivity index (χ0v) is 19.9. The van der Waals surface area contributed by atoms with Crippen LogP contribution in [0, 0.1) is 5.92 Å². The second-order valence-corrected chi connectivity index (χ2v) is 9.40. The van der Waals surface area contributed by atoms with Crippen LogP contribution in [-0.2, 0) is 0 Å². The summed E-state index contributed by atoms with van der Waals surface area (Å²) in [5, 5.41) is 11.0. The molecule has 2 aromatic heterocycles. The number of anilines is 2. The van der Waals surface area contributed by atoms with Crippen LogP contribution in [0.5, 0.6) is 5.88 Å². The first-order valence-corrected chi connectivity index (χ1v) is 12.1. The maximum Gasteiger partial charge on any atom is 0.414 e. The topological polar surface area (TPSA) is 125 Å². The molecule has 0 spiro atoms. The molecule has 4 rings (SSSR count). The normalized spacial score (nSPS) is 24.9. The Kier molecular flexibility index (Phi) is 7.73. The van der Waals surface area contributed by atoms with Crippen molar-refractivity contribution in [1.82, 2.24) is 30.5 Å². The number of thiazole rings is 1. The number of amides is 3. The van der Waals surface area contributed by atoms with E-state index in [0.717, 1.165) is 19.5 Å². The molecule has 34 heavy (non-hydrogen) atoms. The van der Waals surface area contributed by atoms with Gasteiger partial charge in [-0.3, -0.25) is 5.32 Å². The van der Waals surface area contributed by atoms with E-state index < -0.39 is 24.3 Å². The Morgan fingerprint density at radius 2 is 2.18 bits per heavy atom. The van der Waals surface area contributed by atoms with Gasteiger partial charge in [-0.25, -0.2) is 23.9 Å². The van der Waals surface area contributed by atoms with Crippen molar-refractivity contribution in [2.24, 2.45) is 5.92 Å². The van der Waals surface area contributed by atoms with Gasteiger partial charge in [0.25, 0.3) is 0 Å². The number of ether oxygens (including phenoxy) is 1. The van der Waals surface area contributed by atoms with Gasteiger partial charge in [0.2, 0.25) is 11.8 Å². The number of alkyl halides is 1. The summed E-state index contributed by atoms with van der Waals surface area (Å²) in [5.41, 5.74) is 0. The molecule has 0 bridgehead atoms. The molecule has 2 aromatic rings. The predicted octanol–water partition coefficient (Wildman–Crippen LogP) is 2.10. The van der Waals surface area contributed by atoms with Gasteiger partial charge in [-0.1, -0.05) is 6.92 Å². The van der Waals surface area contributed by atoms with Crippen LogP contribution in [0.3, 0.4) is 0 Å². The number of hydrogen-bond acceptors (Lipinski definition) is 9. The number of aromatic nitrogens is 3. The van der Waals surface area contributed by atoms with Crippen molar-refractivity contribution in [1.29, 1.82) is 0 Å². The number of piperidine rings is 2. The largest absolute Gasteiger partial charge is 0.414 e. The number of nitrogens with one attached hydrogen (secondary N) is 3. The Labute approximate surface area is 201 Å². The minimum atomic E-state index is -1.19. The van der Waals surface area contributed by atoms with Crippen LogP contribution < -0.4 is 25.6 Å². The van der Waals surface area contributed by atoms with Gasteiger partial charge in [-0.15, -0.1) is 11.3 Å². The lowest BCUT2D eigenvalue weighted by Crippen LogP contribution is -2.55. The molecule has 2 aliphatic heterocycles. The number of nitrogens with zero attached hydrogens (tertiary/aromatic N) is 5. The molecule has 11 nitrogen and oxygen atoms in total. The first kappa shape index (κ1) is 24.1. The Morgan fingerprint density at radius 3 is 2.94 bits per heavy atom. The van der Waals surface area contributed by atoms with Crippen LogP contribution in [0.15, 0.2) is 23.8 Å². The zero-order valence-electron chi connectivity index (χ0n) is 19.1. The van der Waals surface area contributed by atoms with Crippen molar-refractivity contribution < 1.29 is 18.7 Å². The molecule has 184 valence electrons. The van der Waals surface area contributed by atoms with E-state index in [1.54, 1.807) is 23.5 Å². The van der Waals surface area contributed by atoms with Gasteiger partial charge in [0.1, 0.15) is 6.17 Å². The molecule has 4 atom stereocenters. The fraction of sp³-hybridized carbons (Fsp3) is 0.571. The second kappa shape index (κ2) is 10.9. The number of halogens is 1. The number of rotatable bonds is 5. The summed E-state index contributed by atoms with van der Waals surface area (Å²) >= 11 is 1.29. The maximum absolute atomic E-state index is 14.7. The minimum Gasteiger partial charge on any atom is -0.391 e. The van der Waals surface area contributed by atoms with Crippen molar-refractivity contribution in [2.45, 2.75) is 38.0 Å². The SMILES string of the molecule is C[C@H]1CNCC[C@@H]1NC(=O)Oc1ccnc(N2CC[C@@H](F)[C@@H](N(C)C(=O)Nc3nccs3)C2)n1. The van der Waals surface area contributed by atoms with E-state index in [4.69, 9.17) is 4.74 Å². The lowest BCUT2D eigenvalue weighted by molar-refractivity contribution is 0.133. The first-order valence-electron chi connectivity index (χ1n) is 11.2. The van der Waals surface area contributed by atoms with E-state index in [2.05, 4.69) is 37.8 Å². The summed E-state index contributed by atoms with van der Waals surface area (Å²) in [5.74, 6) is 0.718. The average molecular weight is 493 g/mol. The Bertz CT molecular complexity index is 981. The van der Waals surface area contributed by atoms with Crippen LogP contribution in [0.4, 0.5) is 25.1 Å². The Balaban J connectivity index is 1.37. The maximum atomic E-state index is 14.7. The van der Waals surface area contributed by atoms with Gasteiger partial charge in [-0.05, 0) is 31.8 Å². The lowest BCUT2D eigenvalue weighted by atomic mass is 9.96. The van der Waals surface area contributed by atoms with Crippen LogP contribution >= 0.6 is 11.3 Å². The molecule has 2 saturated heterocycles. The average Bonchev–Trinajstić information content (AvgIpc) is 3.33. The van der Waals surface area contributed by atoms with E-state index in [0.29, 0.717) is 23.5 Å². The highest BCUT2D eigenvalue weighted by Gasteiger charge is 2.35. The van der Waals surface area contributed by atoms with Gasteiger partial charge in [0.15, 0.2) is 5.13 Å². The van der Waals surface area contributed by atoms with Crippen LogP contribution in [0.2, 0.25) is 0 Å². The van der Waals surface area contributed by atoms with Gasteiger partial charge >= 0.3 is 12.1 Å². The third-order valence-electron chi connectivity index (χ3n) is 6.15. The summed E-state index contributed by atoms with van der Waals surface area (Å²) in [6.45, 7) is 4.33. The molecular weight excluding hydrogens is 463 g/mol.